The molecule has 0 aliphatic heterocycles. The predicted octanol–water partition coefficient (Wildman–Crippen LogP) is 2.05. The van der Waals surface area contributed by atoms with E-state index >= 15 is 0 Å². The van der Waals surface area contributed by atoms with Crippen LogP contribution in [0.2, 0.25) is 0 Å². The second-order valence-electron chi connectivity index (χ2n) is 2.15. The topological polar surface area (TPSA) is 42.0 Å². The first kappa shape index (κ1) is 10.0. The summed E-state index contributed by atoms with van der Waals surface area (Å²) < 4.78 is 24.1. The number of carbonyl (C=O) groups is 1. The average molecular weight is 251 g/mol. The maximum Gasteiger partial charge on any atom is 0.315 e. The molecule has 0 bridgehead atoms. The van der Waals surface area contributed by atoms with Gasteiger partial charge in [0.2, 0.25) is 0 Å². The Morgan fingerprint density at radius 3 is 2.85 bits per heavy atom. The number of alkyl halides is 2. The van der Waals surface area contributed by atoms with E-state index in [2.05, 4.69) is 20.9 Å². The van der Waals surface area contributed by atoms with E-state index in [0.717, 1.165) is 0 Å². The first-order valence-corrected chi connectivity index (χ1v) is 4.09. The third-order valence-corrected chi connectivity index (χ3v) is 1.86. The molecule has 6 heteroatoms. The molecule has 0 saturated carbocycles. The fourth-order valence-corrected chi connectivity index (χ4v) is 1.01. The second kappa shape index (κ2) is 4.27. The number of hydrogen-bond donors (Lipinski definition) is 1. The van der Waals surface area contributed by atoms with Crippen molar-refractivity contribution in [1.82, 2.24) is 4.98 Å². The lowest BCUT2D eigenvalue weighted by atomic mass is 10.4. The molecule has 0 atom stereocenters. The molecule has 3 nitrogen and oxygen atoms in total. The molecule has 1 rings (SSSR count). The summed E-state index contributed by atoms with van der Waals surface area (Å²) in [6.45, 7) is 0. The lowest BCUT2D eigenvalue weighted by molar-refractivity contribution is -0.126. The normalized spacial score (nSPS) is 10.2. The molecule has 1 aromatic heterocycles. The van der Waals surface area contributed by atoms with Gasteiger partial charge in [-0.2, -0.15) is 8.78 Å². The number of anilines is 1. The van der Waals surface area contributed by atoms with Gasteiger partial charge in [-0.1, -0.05) is 0 Å². The van der Waals surface area contributed by atoms with Gasteiger partial charge in [0, 0.05) is 12.4 Å². The third kappa shape index (κ3) is 2.73. The first-order chi connectivity index (χ1) is 6.11. The summed E-state index contributed by atoms with van der Waals surface area (Å²) in [7, 11) is 0. The molecule has 1 aromatic rings. The largest absolute Gasteiger partial charge is 0.320 e. The summed E-state index contributed by atoms with van der Waals surface area (Å²) >= 11 is 3.05. The summed E-state index contributed by atoms with van der Waals surface area (Å²) in [5.74, 6) is -1.33. The Kier molecular flexibility index (Phi) is 3.30. The molecular formula is C7H5BrF2N2O. The molecule has 0 aromatic carbocycles. The number of halogens is 3. The maximum atomic E-state index is 11.8. The molecule has 0 spiro atoms. The molecule has 1 heterocycles. The molecule has 1 amide bonds. The van der Waals surface area contributed by atoms with Crippen molar-refractivity contribution in [3.63, 3.8) is 0 Å². The number of pyridine rings is 1. The minimum absolute atomic E-state index is 0.278. The van der Waals surface area contributed by atoms with Crippen molar-refractivity contribution in [3.05, 3.63) is 22.9 Å². The van der Waals surface area contributed by atoms with E-state index in [1.54, 1.807) is 0 Å². The van der Waals surface area contributed by atoms with Crippen molar-refractivity contribution in [3.8, 4) is 0 Å². The fraction of sp³-hybridized carbons (Fsp3) is 0.143. The van der Waals surface area contributed by atoms with E-state index in [1.807, 2.05) is 5.32 Å². The number of carbonyl (C=O) groups excluding carboxylic acids is 1. The molecule has 0 saturated heterocycles. The van der Waals surface area contributed by atoms with Crippen molar-refractivity contribution >= 4 is 27.5 Å². The Balaban J connectivity index is 2.75. The molecule has 0 fully saturated rings. The number of hydrogen-bond acceptors (Lipinski definition) is 2. The Bertz CT molecular complexity index is 319. The summed E-state index contributed by atoms with van der Waals surface area (Å²) in [5.41, 5.74) is 0.278. The zero-order valence-corrected chi connectivity index (χ0v) is 7.88. The maximum absolute atomic E-state index is 11.8. The molecule has 70 valence electrons. The van der Waals surface area contributed by atoms with Gasteiger partial charge >= 0.3 is 6.43 Å². The standard InChI is InChI=1S/C7H5BrF2N2O/c8-4-3-11-2-1-5(4)12-7(13)6(9)10/h1-3,6H,(H,11,12,13). The summed E-state index contributed by atoms with van der Waals surface area (Å²) in [6, 6.07) is 1.42. The van der Waals surface area contributed by atoms with Gasteiger partial charge < -0.3 is 5.32 Å². The molecule has 1 N–H and O–H groups in total. The summed E-state index contributed by atoms with van der Waals surface area (Å²) in [6.07, 6.45) is -0.215. The highest BCUT2D eigenvalue weighted by Gasteiger charge is 2.15. The van der Waals surface area contributed by atoms with Gasteiger partial charge in [-0.05, 0) is 22.0 Å². The van der Waals surface area contributed by atoms with Gasteiger partial charge in [-0.25, -0.2) is 0 Å². The highest BCUT2D eigenvalue weighted by Crippen LogP contribution is 2.20. The van der Waals surface area contributed by atoms with E-state index in [0.29, 0.717) is 4.47 Å². The molecule has 13 heavy (non-hydrogen) atoms. The Labute approximate surface area is 81.3 Å². The van der Waals surface area contributed by atoms with Crippen molar-refractivity contribution < 1.29 is 13.6 Å². The fourth-order valence-electron chi connectivity index (χ4n) is 0.664. The van der Waals surface area contributed by atoms with Crippen LogP contribution in [-0.4, -0.2) is 17.3 Å². The zero-order valence-electron chi connectivity index (χ0n) is 6.30. The van der Waals surface area contributed by atoms with Crippen LogP contribution in [0.1, 0.15) is 0 Å². The van der Waals surface area contributed by atoms with Gasteiger partial charge in [0.1, 0.15) is 0 Å². The smallest absolute Gasteiger partial charge is 0.315 e. The first-order valence-electron chi connectivity index (χ1n) is 3.30. The van der Waals surface area contributed by atoms with Crippen LogP contribution < -0.4 is 5.32 Å². The Hall–Kier alpha value is -1.04. The molecule has 0 aliphatic rings. The van der Waals surface area contributed by atoms with Crippen LogP contribution in [0, 0.1) is 0 Å². The van der Waals surface area contributed by atoms with Crippen molar-refractivity contribution in [2.24, 2.45) is 0 Å². The van der Waals surface area contributed by atoms with E-state index < -0.39 is 12.3 Å². The third-order valence-electron chi connectivity index (χ3n) is 1.23. The Morgan fingerprint density at radius 1 is 1.62 bits per heavy atom. The molecule has 0 unspecified atom stereocenters. The highest BCUT2D eigenvalue weighted by molar-refractivity contribution is 9.10. The lowest BCUT2D eigenvalue weighted by Gasteiger charge is -2.04. The molecular weight excluding hydrogens is 246 g/mol. The second-order valence-corrected chi connectivity index (χ2v) is 3.00. The summed E-state index contributed by atoms with van der Waals surface area (Å²) in [4.78, 5) is 14.3. The average Bonchev–Trinajstić information content (AvgIpc) is 2.08. The van der Waals surface area contributed by atoms with Crippen LogP contribution in [0.25, 0.3) is 0 Å². The van der Waals surface area contributed by atoms with Gasteiger partial charge in [0.05, 0.1) is 10.2 Å². The Morgan fingerprint density at radius 2 is 2.31 bits per heavy atom. The molecule has 0 aliphatic carbocycles. The van der Waals surface area contributed by atoms with Crippen LogP contribution in [0.4, 0.5) is 14.5 Å². The molecule has 0 radical (unpaired) electrons. The number of amides is 1. The van der Waals surface area contributed by atoms with Crippen molar-refractivity contribution in [2.45, 2.75) is 6.43 Å². The van der Waals surface area contributed by atoms with Gasteiger partial charge in [0.15, 0.2) is 0 Å². The summed E-state index contributed by atoms with van der Waals surface area (Å²) in [5, 5.41) is 2.03. The van der Waals surface area contributed by atoms with Gasteiger partial charge in [-0.3, -0.25) is 9.78 Å². The van der Waals surface area contributed by atoms with Crippen LogP contribution in [-0.2, 0) is 4.79 Å². The number of rotatable bonds is 2. The van der Waals surface area contributed by atoms with E-state index in [9.17, 15) is 13.6 Å². The zero-order chi connectivity index (χ0) is 9.84. The van der Waals surface area contributed by atoms with E-state index in [4.69, 9.17) is 0 Å². The number of aromatic nitrogens is 1. The lowest BCUT2D eigenvalue weighted by Crippen LogP contribution is -2.20. The van der Waals surface area contributed by atoms with Crippen LogP contribution >= 0.6 is 15.9 Å². The monoisotopic (exact) mass is 250 g/mol. The van der Waals surface area contributed by atoms with Gasteiger partial charge in [0.25, 0.3) is 5.91 Å². The van der Waals surface area contributed by atoms with E-state index in [1.165, 1.54) is 18.5 Å². The minimum atomic E-state index is -3.01. The highest BCUT2D eigenvalue weighted by atomic mass is 79.9. The number of nitrogens with zero attached hydrogens (tertiary/aromatic N) is 1. The van der Waals surface area contributed by atoms with Crippen molar-refractivity contribution in [1.29, 1.82) is 0 Å². The van der Waals surface area contributed by atoms with Crippen LogP contribution in [0.5, 0.6) is 0 Å². The SMILES string of the molecule is O=C(Nc1ccncc1Br)C(F)F. The van der Waals surface area contributed by atoms with Gasteiger partial charge in [-0.15, -0.1) is 0 Å². The van der Waals surface area contributed by atoms with Crippen molar-refractivity contribution in [2.75, 3.05) is 5.32 Å². The predicted molar refractivity (Wildman–Crippen MR) is 46.6 cm³/mol. The van der Waals surface area contributed by atoms with E-state index in [-0.39, 0.29) is 5.69 Å². The quantitative estimate of drug-likeness (QED) is 0.873. The van der Waals surface area contributed by atoms with Crippen LogP contribution in [0.15, 0.2) is 22.9 Å². The van der Waals surface area contributed by atoms with Crippen LogP contribution in [0.3, 0.4) is 0 Å². The number of nitrogens with one attached hydrogen (secondary N) is 1. The minimum Gasteiger partial charge on any atom is -0.320 e.